The molecule has 2 aromatic heterocycles. The SMILES string of the molecule is CC(=O)N(c1ccccc1)c1nc(COC(=O)c2cccc(-n3cccc3)c2)cs1. The number of aromatic nitrogens is 2. The van der Waals surface area contributed by atoms with Gasteiger partial charge in [-0.05, 0) is 42.5 Å². The van der Waals surface area contributed by atoms with Crippen LogP contribution in [0.25, 0.3) is 5.69 Å². The molecule has 30 heavy (non-hydrogen) atoms. The quantitative estimate of drug-likeness (QED) is 0.415. The minimum Gasteiger partial charge on any atom is -0.456 e. The molecule has 1 amide bonds. The van der Waals surface area contributed by atoms with Crippen molar-refractivity contribution >= 4 is 34.0 Å². The lowest BCUT2D eigenvalue weighted by Crippen LogP contribution is -2.22. The fourth-order valence-electron chi connectivity index (χ4n) is 2.99. The molecule has 7 heteroatoms. The first kappa shape index (κ1) is 19.6. The number of ether oxygens (including phenoxy) is 1. The van der Waals surface area contributed by atoms with Crippen molar-refractivity contribution in [3.05, 3.63) is 95.8 Å². The Morgan fingerprint density at radius 3 is 2.53 bits per heavy atom. The Hall–Kier alpha value is -3.71. The van der Waals surface area contributed by atoms with Crippen LogP contribution in [0.1, 0.15) is 23.0 Å². The predicted octanol–water partition coefficient (Wildman–Crippen LogP) is 4.98. The molecule has 0 aliphatic heterocycles. The van der Waals surface area contributed by atoms with E-state index in [0.29, 0.717) is 16.4 Å². The molecule has 0 fully saturated rings. The Balaban J connectivity index is 1.45. The Labute approximate surface area is 178 Å². The number of para-hydroxylation sites is 1. The van der Waals surface area contributed by atoms with Crippen molar-refractivity contribution in [3.8, 4) is 5.69 Å². The van der Waals surface area contributed by atoms with E-state index in [1.807, 2.05) is 71.6 Å². The molecule has 2 heterocycles. The summed E-state index contributed by atoms with van der Waals surface area (Å²) in [5.74, 6) is -0.564. The number of rotatable bonds is 6. The lowest BCUT2D eigenvalue weighted by atomic mass is 10.2. The maximum absolute atomic E-state index is 12.5. The van der Waals surface area contributed by atoms with Crippen LogP contribution in [0.5, 0.6) is 0 Å². The van der Waals surface area contributed by atoms with E-state index >= 15 is 0 Å². The normalized spacial score (nSPS) is 10.6. The van der Waals surface area contributed by atoms with Gasteiger partial charge in [0.1, 0.15) is 6.61 Å². The summed E-state index contributed by atoms with van der Waals surface area (Å²) in [5.41, 5.74) is 2.67. The zero-order valence-electron chi connectivity index (χ0n) is 16.3. The summed E-state index contributed by atoms with van der Waals surface area (Å²) < 4.78 is 7.36. The van der Waals surface area contributed by atoms with Crippen molar-refractivity contribution in [1.29, 1.82) is 0 Å². The monoisotopic (exact) mass is 417 g/mol. The number of amides is 1. The van der Waals surface area contributed by atoms with Gasteiger partial charge in [-0.15, -0.1) is 11.3 Å². The number of carbonyl (C=O) groups excluding carboxylic acids is 2. The summed E-state index contributed by atoms with van der Waals surface area (Å²) in [6, 6.07) is 20.4. The van der Waals surface area contributed by atoms with E-state index < -0.39 is 5.97 Å². The van der Waals surface area contributed by atoms with Crippen LogP contribution in [0, 0.1) is 0 Å². The third-order valence-corrected chi connectivity index (χ3v) is 5.27. The van der Waals surface area contributed by atoms with E-state index in [9.17, 15) is 9.59 Å². The molecule has 0 N–H and O–H groups in total. The van der Waals surface area contributed by atoms with Gasteiger partial charge in [-0.1, -0.05) is 24.3 Å². The average Bonchev–Trinajstić information content (AvgIpc) is 3.45. The van der Waals surface area contributed by atoms with Gasteiger partial charge in [0.25, 0.3) is 0 Å². The van der Waals surface area contributed by atoms with Crippen LogP contribution in [0.15, 0.2) is 84.5 Å². The molecule has 0 saturated heterocycles. The van der Waals surface area contributed by atoms with E-state index in [0.717, 1.165) is 11.4 Å². The van der Waals surface area contributed by atoms with Gasteiger partial charge < -0.3 is 9.30 Å². The van der Waals surface area contributed by atoms with Crippen molar-refractivity contribution in [2.24, 2.45) is 0 Å². The number of hydrogen-bond donors (Lipinski definition) is 0. The fourth-order valence-corrected chi connectivity index (χ4v) is 3.86. The smallest absolute Gasteiger partial charge is 0.338 e. The third kappa shape index (κ3) is 4.31. The fraction of sp³-hybridized carbons (Fsp3) is 0.0870. The molecule has 0 aliphatic carbocycles. The van der Waals surface area contributed by atoms with Crippen LogP contribution in [-0.4, -0.2) is 21.4 Å². The number of carbonyl (C=O) groups is 2. The van der Waals surface area contributed by atoms with Crippen LogP contribution in [0.3, 0.4) is 0 Å². The highest BCUT2D eigenvalue weighted by Crippen LogP contribution is 2.29. The predicted molar refractivity (Wildman–Crippen MR) is 116 cm³/mol. The number of anilines is 2. The lowest BCUT2D eigenvalue weighted by Gasteiger charge is -2.17. The summed E-state index contributed by atoms with van der Waals surface area (Å²) in [6.07, 6.45) is 3.82. The first-order chi connectivity index (χ1) is 14.6. The van der Waals surface area contributed by atoms with E-state index in [2.05, 4.69) is 4.98 Å². The molecular weight excluding hydrogens is 398 g/mol. The second kappa shape index (κ2) is 8.75. The van der Waals surface area contributed by atoms with Crippen LogP contribution in [0.4, 0.5) is 10.8 Å². The summed E-state index contributed by atoms with van der Waals surface area (Å²) in [6.45, 7) is 1.52. The molecule has 0 radical (unpaired) electrons. The molecular formula is C23H19N3O3S. The maximum atomic E-state index is 12.5. The zero-order valence-corrected chi connectivity index (χ0v) is 17.1. The molecule has 0 unspecified atom stereocenters. The van der Waals surface area contributed by atoms with Crippen LogP contribution in [-0.2, 0) is 16.1 Å². The largest absolute Gasteiger partial charge is 0.456 e. The molecule has 150 valence electrons. The zero-order chi connectivity index (χ0) is 20.9. The molecule has 0 saturated carbocycles. The molecule has 4 aromatic rings. The van der Waals surface area contributed by atoms with Gasteiger partial charge in [0.15, 0.2) is 5.13 Å². The van der Waals surface area contributed by atoms with E-state index in [1.165, 1.54) is 23.2 Å². The van der Waals surface area contributed by atoms with E-state index in [1.54, 1.807) is 17.5 Å². The third-order valence-electron chi connectivity index (χ3n) is 4.40. The van der Waals surface area contributed by atoms with Gasteiger partial charge in [0, 0.05) is 30.4 Å². The standard InChI is InChI=1S/C23H19N3O3S/c1-17(27)26(20-9-3-2-4-10-20)23-24-19(16-30-23)15-29-22(28)18-8-7-11-21(14-18)25-12-5-6-13-25/h2-14,16H,15H2,1H3. The number of nitrogens with zero attached hydrogens (tertiary/aromatic N) is 3. The number of benzene rings is 2. The van der Waals surface area contributed by atoms with Crippen molar-refractivity contribution in [2.75, 3.05) is 4.90 Å². The summed E-state index contributed by atoms with van der Waals surface area (Å²) in [4.78, 5) is 30.6. The van der Waals surface area contributed by atoms with Crippen LogP contribution >= 0.6 is 11.3 Å². The number of hydrogen-bond acceptors (Lipinski definition) is 5. The summed E-state index contributed by atoms with van der Waals surface area (Å²) in [7, 11) is 0. The molecule has 0 spiro atoms. The molecule has 0 bridgehead atoms. The van der Waals surface area contributed by atoms with Gasteiger partial charge in [-0.3, -0.25) is 9.69 Å². The lowest BCUT2D eigenvalue weighted by molar-refractivity contribution is -0.115. The summed E-state index contributed by atoms with van der Waals surface area (Å²) >= 11 is 1.33. The van der Waals surface area contributed by atoms with Gasteiger partial charge in [0.2, 0.25) is 5.91 Å². The topological polar surface area (TPSA) is 64.4 Å². The highest BCUT2D eigenvalue weighted by atomic mass is 32.1. The first-order valence-corrected chi connectivity index (χ1v) is 10.2. The molecule has 2 aromatic carbocycles. The molecule has 0 atom stereocenters. The second-order valence-corrected chi connectivity index (χ2v) is 7.36. The van der Waals surface area contributed by atoms with Gasteiger partial charge in [0.05, 0.1) is 16.9 Å². The van der Waals surface area contributed by atoms with Crippen molar-refractivity contribution < 1.29 is 14.3 Å². The average molecular weight is 417 g/mol. The van der Waals surface area contributed by atoms with Crippen molar-refractivity contribution in [2.45, 2.75) is 13.5 Å². The Morgan fingerprint density at radius 2 is 1.80 bits per heavy atom. The first-order valence-electron chi connectivity index (χ1n) is 9.32. The summed E-state index contributed by atoms with van der Waals surface area (Å²) in [5, 5.41) is 2.33. The van der Waals surface area contributed by atoms with Crippen LogP contribution < -0.4 is 4.90 Å². The highest BCUT2D eigenvalue weighted by molar-refractivity contribution is 7.14. The van der Waals surface area contributed by atoms with Crippen molar-refractivity contribution in [3.63, 3.8) is 0 Å². The Kier molecular flexibility index (Phi) is 5.72. The molecule has 4 rings (SSSR count). The maximum Gasteiger partial charge on any atom is 0.338 e. The molecule has 0 aliphatic rings. The minimum atomic E-state index is -0.426. The second-order valence-electron chi connectivity index (χ2n) is 6.53. The number of thiazole rings is 1. The van der Waals surface area contributed by atoms with Gasteiger partial charge in [-0.25, -0.2) is 9.78 Å². The van der Waals surface area contributed by atoms with E-state index in [4.69, 9.17) is 4.74 Å². The highest BCUT2D eigenvalue weighted by Gasteiger charge is 2.18. The molecule has 6 nitrogen and oxygen atoms in total. The van der Waals surface area contributed by atoms with Crippen LogP contribution in [0.2, 0.25) is 0 Å². The van der Waals surface area contributed by atoms with Gasteiger partial charge in [-0.2, -0.15) is 0 Å². The van der Waals surface area contributed by atoms with Crippen molar-refractivity contribution in [1.82, 2.24) is 9.55 Å². The van der Waals surface area contributed by atoms with Gasteiger partial charge >= 0.3 is 5.97 Å². The van der Waals surface area contributed by atoms with E-state index in [-0.39, 0.29) is 12.5 Å². The minimum absolute atomic E-state index is 0.0314. The number of esters is 1. The Bertz CT molecular complexity index is 1150. The Morgan fingerprint density at radius 1 is 1.03 bits per heavy atom.